The summed E-state index contributed by atoms with van der Waals surface area (Å²) < 4.78 is 14.2. The van der Waals surface area contributed by atoms with Crippen LogP contribution in [0.3, 0.4) is 0 Å². The maximum atomic E-state index is 14.2. The zero-order chi connectivity index (χ0) is 15.1. The Hall–Kier alpha value is -1.13. The van der Waals surface area contributed by atoms with Gasteiger partial charge in [0.2, 0.25) is 0 Å². The second kappa shape index (κ2) is 8.22. The topological polar surface area (TPSA) is 35.5 Å². The van der Waals surface area contributed by atoms with Gasteiger partial charge in [0.1, 0.15) is 5.82 Å². The van der Waals surface area contributed by atoms with Crippen molar-refractivity contribution in [2.75, 3.05) is 25.0 Å². The number of aliphatic hydroxyl groups excluding tert-OH is 1. The van der Waals surface area contributed by atoms with Gasteiger partial charge in [-0.1, -0.05) is 13.0 Å². The van der Waals surface area contributed by atoms with Crippen molar-refractivity contribution in [3.8, 4) is 0 Å². The van der Waals surface area contributed by atoms with Gasteiger partial charge in [-0.2, -0.15) is 0 Å². The fourth-order valence-electron chi connectivity index (χ4n) is 2.08. The number of benzene rings is 1. The van der Waals surface area contributed by atoms with Gasteiger partial charge in [-0.3, -0.25) is 0 Å². The highest BCUT2D eigenvalue weighted by Gasteiger charge is 2.12. The molecule has 0 bridgehead atoms. The van der Waals surface area contributed by atoms with E-state index in [1.54, 1.807) is 13.0 Å². The van der Waals surface area contributed by atoms with Gasteiger partial charge in [-0.05, 0) is 50.9 Å². The van der Waals surface area contributed by atoms with Crippen molar-refractivity contribution in [1.29, 1.82) is 0 Å². The normalized spacial score (nSPS) is 14.1. The number of aliphatic hydroxyl groups is 1. The average Bonchev–Trinajstić information content (AvgIpc) is 2.41. The molecule has 0 saturated heterocycles. The van der Waals surface area contributed by atoms with E-state index in [0.29, 0.717) is 18.7 Å². The Kier molecular flexibility index (Phi) is 6.96. The van der Waals surface area contributed by atoms with E-state index in [4.69, 9.17) is 0 Å². The van der Waals surface area contributed by atoms with Gasteiger partial charge in [-0.15, -0.1) is 0 Å². The second-order valence-electron chi connectivity index (χ2n) is 5.45. The van der Waals surface area contributed by atoms with Gasteiger partial charge in [0, 0.05) is 19.6 Å². The number of nitrogens with zero attached hydrogens (tertiary/aromatic N) is 1. The molecule has 1 aromatic rings. The Morgan fingerprint density at radius 1 is 1.35 bits per heavy atom. The van der Waals surface area contributed by atoms with Gasteiger partial charge in [0.25, 0.3) is 0 Å². The van der Waals surface area contributed by atoms with Crippen LogP contribution in [0.15, 0.2) is 18.2 Å². The molecule has 3 nitrogen and oxygen atoms in total. The smallest absolute Gasteiger partial charge is 0.146 e. The van der Waals surface area contributed by atoms with E-state index in [-0.39, 0.29) is 18.0 Å². The molecular weight excluding hydrogens is 255 g/mol. The molecule has 0 radical (unpaired) electrons. The number of hydrogen-bond donors (Lipinski definition) is 2. The molecule has 0 amide bonds. The lowest BCUT2D eigenvalue weighted by Crippen LogP contribution is -2.23. The molecule has 0 aromatic heterocycles. The zero-order valence-electron chi connectivity index (χ0n) is 13.0. The van der Waals surface area contributed by atoms with Gasteiger partial charge in [-0.25, -0.2) is 4.39 Å². The molecule has 0 aliphatic carbocycles. The molecule has 0 saturated carbocycles. The minimum absolute atomic E-state index is 0.154. The summed E-state index contributed by atoms with van der Waals surface area (Å²) in [5.41, 5.74) is 1.54. The minimum Gasteiger partial charge on any atom is -0.393 e. The predicted octanol–water partition coefficient (Wildman–Crippen LogP) is 3.09. The van der Waals surface area contributed by atoms with Crippen LogP contribution in [0, 0.1) is 5.82 Å². The Bertz CT molecular complexity index is 409. The van der Waals surface area contributed by atoms with Crippen molar-refractivity contribution in [1.82, 2.24) is 5.32 Å². The molecule has 114 valence electrons. The van der Waals surface area contributed by atoms with Crippen LogP contribution in [0.5, 0.6) is 0 Å². The standard InChI is InChI=1S/C16H27FN2O/c1-5-9-18-13(3)14-6-7-16(15(17)11-14)19(4)10-8-12(2)20/h6-7,11-13,18,20H,5,8-10H2,1-4H3. The number of anilines is 1. The average molecular weight is 282 g/mol. The predicted molar refractivity (Wildman–Crippen MR) is 82.7 cm³/mol. The summed E-state index contributed by atoms with van der Waals surface area (Å²) in [5, 5.41) is 12.6. The fourth-order valence-corrected chi connectivity index (χ4v) is 2.08. The monoisotopic (exact) mass is 282 g/mol. The van der Waals surface area contributed by atoms with Crippen LogP contribution in [0.2, 0.25) is 0 Å². The van der Waals surface area contributed by atoms with Gasteiger partial charge < -0.3 is 15.3 Å². The van der Waals surface area contributed by atoms with Crippen molar-refractivity contribution in [2.45, 2.75) is 45.8 Å². The summed E-state index contributed by atoms with van der Waals surface area (Å²) in [6.45, 7) is 7.46. The first-order valence-corrected chi connectivity index (χ1v) is 7.37. The molecule has 2 N–H and O–H groups in total. The highest BCUT2D eigenvalue weighted by atomic mass is 19.1. The van der Waals surface area contributed by atoms with Crippen molar-refractivity contribution in [3.05, 3.63) is 29.6 Å². The summed E-state index contributed by atoms with van der Waals surface area (Å²) in [7, 11) is 1.85. The van der Waals surface area contributed by atoms with E-state index in [1.807, 2.05) is 31.0 Å². The molecule has 2 unspecified atom stereocenters. The molecule has 4 heteroatoms. The minimum atomic E-state index is -0.363. The first-order valence-electron chi connectivity index (χ1n) is 7.37. The summed E-state index contributed by atoms with van der Waals surface area (Å²) in [6.07, 6.45) is 1.33. The Labute approximate surface area is 121 Å². The van der Waals surface area contributed by atoms with E-state index >= 15 is 0 Å². The largest absolute Gasteiger partial charge is 0.393 e. The van der Waals surface area contributed by atoms with Crippen LogP contribution in [-0.4, -0.2) is 31.3 Å². The van der Waals surface area contributed by atoms with E-state index in [9.17, 15) is 9.50 Å². The first kappa shape index (κ1) is 16.9. The third kappa shape index (κ3) is 5.10. The van der Waals surface area contributed by atoms with E-state index in [1.165, 1.54) is 0 Å². The lowest BCUT2D eigenvalue weighted by atomic mass is 10.1. The number of halogens is 1. The first-order chi connectivity index (χ1) is 9.45. The summed E-state index contributed by atoms with van der Waals surface area (Å²) in [5.74, 6) is -0.208. The molecule has 0 heterocycles. The third-order valence-corrected chi connectivity index (χ3v) is 3.47. The van der Waals surface area contributed by atoms with Crippen LogP contribution < -0.4 is 10.2 Å². The van der Waals surface area contributed by atoms with Crippen LogP contribution in [0.1, 0.15) is 45.2 Å². The van der Waals surface area contributed by atoms with Gasteiger partial charge in [0.15, 0.2) is 0 Å². The second-order valence-corrected chi connectivity index (χ2v) is 5.45. The molecule has 20 heavy (non-hydrogen) atoms. The lowest BCUT2D eigenvalue weighted by molar-refractivity contribution is 0.187. The van der Waals surface area contributed by atoms with Crippen LogP contribution in [0.4, 0.5) is 10.1 Å². The molecule has 0 fully saturated rings. The molecule has 0 spiro atoms. The summed E-state index contributed by atoms with van der Waals surface area (Å²) >= 11 is 0. The van der Waals surface area contributed by atoms with Gasteiger partial charge in [0.05, 0.1) is 11.8 Å². The number of hydrogen-bond acceptors (Lipinski definition) is 3. The van der Waals surface area contributed by atoms with Crippen molar-refractivity contribution < 1.29 is 9.50 Å². The maximum Gasteiger partial charge on any atom is 0.146 e. The van der Waals surface area contributed by atoms with Crippen molar-refractivity contribution >= 4 is 5.69 Å². The maximum absolute atomic E-state index is 14.2. The van der Waals surface area contributed by atoms with E-state index in [0.717, 1.165) is 18.5 Å². The highest BCUT2D eigenvalue weighted by molar-refractivity contribution is 5.48. The van der Waals surface area contributed by atoms with E-state index < -0.39 is 0 Å². The Morgan fingerprint density at radius 2 is 2.05 bits per heavy atom. The summed E-state index contributed by atoms with van der Waals surface area (Å²) in [4.78, 5) is 1.84. The van der Waals surface area contributed by atoms with Crippen LogP contribution in [0.25, 0.3) is 0 Å². The molecular formula is C16H27FN2O. The number of nitrogens with one attached hydrogen (secondary N) is 1. The highest BCUT2D eigenvalue weighted by Crippen LogP contribution is 2.23. The Morgan fingerprint density at radius 3 is 2.60 bits per heavy atom. The Balaban J connectivity index is 2.72. The van der Waals surface area contributed by atoms with Crippen LogP contribution in [-0.2, 0) is 0 Å². The molecule has 1 aromatic carbocycles. The molecule has 2 atom stereocenters. The fraction of sp³-hybridized carbons (Fsp3) is 0.625. The number of rotatable bonds is 8. The molecule has 1 rings (SSSR count). The van der Waals surface area contributed by atoms with E-state index in [2.05, 4.69) is 12.2 Å². The molecule has 0 aliphatic heterocycles. The lowest BCUT2D eigenvalue weighted by Gasteiger charge is -2.22. The zero-order valence-corrected chi connectivity index (χ0v) is 13.0. The van der Waals surface area contributed by atoms with Crippen molar-refractivity contribution in [2.24, 2.45) is 0 Å². The SMILES string of the molecule is CCCNC(C)c1ccc(N(C)CCC(C)O)c(F)c1. The summed E-state index contributed by atoms with van der Waals surface area (Å²) in [6, 6.07) is 5.53. The quantitative estimate of drug-likeness (QED) is 0.769. The third-order valence-electron chi connectivity index (χ3n) is 3.47. The van der Waals surface area contributed by atoms with Crippen LogP contribution >= 0.6 is 0 Å². The van der Waals surface area contributed by atoms with Crippen molar-refractivity contribution in [3.63, 3.8) is 0 Å². The molecule has 0 aliphatic rings. The van der Waals surface area contributed by atoms with Gasteiger partial charge >= 0.3 is 0 Å².